The van der Waals surface area contributed by atoms with Gasteiger partial charge in [-0.05, 0) is 19.8 Å². The third-order valence-corrected chi connectivity index (χ3v) is 3.28. The van der Waals surface area contributed by atoms with E-state index in [4.69, 9.17) is 0 Å². The van der Waals surface area contributed by atoms with Crippen LogP contribution in [0, 0.1) is 19.8 Å². The quantitative estimate of drug-likeness (QED) is 0.810. The molecular formula is C12H22N2O. The van der Waals surface area contributed by atoms with E-state index in [-0.39, 0.29) is 6.61 Å². The first-order valence-electron chi connectivity index (χ1n) is 5.77. The van der Waals surface area contributed by atoms with Gasteiger partial charge in [-0.15, -0.1) is 0 Å². The van der Waals surface area contributed by atoms with Gasteiger partial charge in [0.15, 0.2) is 0 Å². The van der Waals surface area contributed by atoms with E-state index in [2.05, 4.69) is 18.9 Å². The van der Waals surface area contributed by atoms with E-state index < -0.39 is 0 Å². The second-order valence-electron chi connectivity index (χ2n) is 4.17. The summed E-state index contributed by atoms with van der Waals surface area (Å²) in [7, 11) is 0. The summed E-state index contributed by atoms with van der Waals surface area (Å²) in [5.74, 6) is 0.689. The molecule has 0 saturated carbocycles. The fraction of sp³-hybridized carbons (Fsp3) is 0.750. The highest BCUT2D eigenvalue weighted by Gasteiger charge is 2.12. The van der Waals surface area contributed by atoms with Crippen molar-refractivity contribution in [3.63, 3.8) is 0 Å². The Morgan fingerprint density at radius 1 is 1.27 bits per heavy atom. The molecule has 0 atom stereocenters. The molecule has 0 saturated heterocycles. The van der Waals surface area contributed by atoms with Gasteiger partial charge < -0.3 is 5.11 Å². The van der Waals surface area contributed by atoms with Crippen LogP contribution in [-0.4, -0.2) is 14.9 Å². The molecule has 1 aromatic heterocycles. The molecule has 3 nitrogen and oxygen atoms in total. The monoisotopic (exact) mass is 210 g/mol. The number of aromatic nitrogens is 2. The second-order valence-corrected chi connectivity index (χ2v) is 4.17. The molecule has 0 spiro atoms. The third kappa shape index (κ3) is 2.59. The largest absolute Gasteiger partial charge is 0.392 e. The molecule has 0 radical (unpaired) electrons. The van der Waals surface area contributed by atoms with E-state index in [1.54, 1.807) is 0 Å². The van der Waals surface area contributed by atoms with E-state index >= 15 is 0 Å². The van der Waals surface area contributed by atoms with Gasteiger partial charge in [-0.3, -0.25) is 4.68 Å². The molecule has 1 heterocycles. The molecule has 1 rings (SSSR count). The Morgan fingerprint density at radius 3 is 2.27 bits per heavy atom. The van der Waals surface area contributed by atoms with Crippen LogP contribution in [0.2, 0.25) is 0 Å². The maximum atomic E-state index is 9.21. The SMILES string of the molecule is CCC(CC)Cn1nc(C)c(CO)c1C. The minimum atomic E-state index is 0.0978. The van der Waals surface area contributed by atoms with Crippen LogP contribution in [0.1, 0.15) is 43.6 Å². The van der Waals surface area contributed by atoms with Gasteiger partial charge in [-0.1, -0.05) is 26.7 Å². The number of aryl methyl sites for hydroxylation is 1. The summed E-state index contributed by atoms with van der Waals surface area (Å²) in [6.45, 7) is 9.50. The first kappa shape index (κ1) is 12.2. The molecule has 0 aliphatic carbocycles. The van der Waals surface area contributed by atoms with Crippen LogP contribution in [0.25, 0.3) is 0 Å². The fourth-order valence-electron chi connectivity index (χ4n) is 1.93. The van der Waals surface area contributed by atoms with Crippen molar-refractivity contribution >= 4 is 0 Å². The Bertz CT molecular complexity index is 314. The van der Waals surface area contributed by atoms with Crippen LogP contribution in [-0.2, 0) is 13.2 Å². The number of aliphatic hydroxyl groups is 1. The molecular weight excluding hydrogens is 188 g/mol. The normalized spacial score (nSPS) is 11.3. The van der Waals surface area contributed by atoms with Crippen LogP contribution < -0.4 is 0 Å². The van der Waals surface area contributed by atoms with Gasteiger partial charge in [0.1, 0.15) is 0 Å². The Kier molecular flexibility index (Phi) is 4.33. The van der Waals surface area contributed by atoms with Crippen molar-refractivity contribution in [1.82, 2.24) is 9.78 Å². The summed E-state index contributed by atoms with van der Waals surface area (Å²) in [4.78, 5) is 0. The van der Waals surface area contributed by atoms with Crippen LogP contribution >= 0.6 is 0 Å². The average Bonchev–Trinajstić information content (AvgIpc) is 2.50. The molecule has 0 unspecified atom stereocenters. The highest BCUT2D eigenvalue weighted by Crippen LogP contribution is 2.17. The zero-order chi connectivity index (χ0) is 11.4. The molecule has 0 fully saturated rings. The Labute approximate surface area is 92.1 Å². The van der Waals surface area contributed by atoms with Gasteiger partial charge in [0, 0.05) is 17.8 Å². The zero-order valence-corrected chi connectivity index (χ0v) is 10.2. The summed E-state index contributed by atoms with van der Waals surface area (Å²) >= 11 is 0. The van der Waals surface area contributed by atoms with Crippen molar-refractivity contribution in [3.05, 3.63) is 17.0 Å². The highest BCUT2D eigenvalue weighted by molar-refractivity contribution is 5.23. The van der Waals surface area contributed by atoms with Crippen LogP contribution in [0.5, 0.6) is 0 Å². The lowest BCUT2D eigenvalue weighted by Crippen LogP contribution is -2.12. The Hall–Kier alpha value is -0.830. The minimum absolute atomic E-state index is 0.0978. The van der Waals surface area contributed by atoms with Crippen molar-refractivity contribution in [2.24, 2.45) is 5.92 Å². The molecule has 0 aromatic carbocycles. The summed E-state index contributed by atoms with van der Waals surface area (Å²) in [6, 6.07) is 0. The van der Waals surface area contributed by atoms with Crippen LogP contribution in [0.4, 0.5) is 0 Å². The Morgan fingerprint density at radius 2 is 1.87 bits per heavy atom. The highest BCUT2D eigenvalue weighted by atomic mass is 16.3. The second kappa shape index (κ2) is 5.31. The molecule has 1 N–H and O–H groups in total. The van der Waals surface area contributed by atoms with E-state index in [0.29, 0.717) is 5.92 Å². The number of aliphatic hydroxyl groups excluding tert-OH is 1. The predicted octanol–water partition coefficient (Wildman–Crippen LogP) is 2.43. The van der Waals surface area contributed by atoms with Crippen LogP contribution in [0.3, 0.4) is 0 Å². The molecule has 0 aliphatic rings. The summed E-state index contributed by atoms with van der Waals surface area (Å²) in [5.41, 5.74) is 3.06. The van der Waals surface area contributed by atoms with Gasteiger partial charge in [0.2, 0.25) is 0 Å². The van der Waals surface area contributed by atoms with Crippen molar-refractivity contribution in [3.8, 4) is 0 Å². The summed E-state index contributed by atoms with van der Waals surface area (Å²) < 4.78 is 2.04. The molecule has 1 aromatic rings. The van der Waals surface area contributed by atoms with Gasteiger partial charge >= 0.3 is 0 Å². The van der Waals surface area contributed by atoms with Gasteiger partial charge in [0.25, 0.3) is 0 Å². The zero-order valence-electron chi connectivity index (χ0n) is 10.2. The lowest BCUT2D eigenvalue weighted by molar-refractivity contribution is 0.279. The minimum Gasteiger partial charge on any atom is -0.392 e. The molecule has 0 aliphatic heterocycles. The van der Waals surface area contributed by atoms with E-state index in [1.807, 2.05) is 18.5 Å². The summed E-state index contributed by atoms with van der Waals surface area (Å²) in [5, 5.41) is 13.7. The van der Waals surface area contributed by atoms with Gasteiger partial charge in [0.05, 0.1) is 12.3 Å². The third-order valence-electron chi connectivity index (χ3n) is 3.28. The number of nitrogens with zero attached hydrogens (tertiary/aromatic N) is 2. The van der Waals surface area contributed by atoms with Crippen molar-refractivity contribution in [1.29, 1.82) is 0 Å². The molecule has 0 amide bonds. The molecule has 86 valence electrons. The topological polar surface area (TPSA) is 38.0 Å². The number of rotatable bonds is 5. The number of hydrogen-bond acceptors (Lipinski definition) is 2. The lowest BCUT2D eigenvalue weighted by Gasteiger charge is -2.13. The first-order chi connectivity index (χ1) is 7.13. The van der Waals surface area contributed by atoms with E-state index in [0.717, 1.165) is 23.5 Å². The first-order valence-corrected chi connectivity index (χ1v) is 5.77. The van der Waals surface area contributed by atoms with Crippen LogP contribution in [0.15, 0.2) is 0 Å². The smallest absolute Gasteiger partial charge is 0.0718 e. The molecule has 3 heteroatoms. The maximum absolute atomic E-state index is 9.21. The standard InChI is InChI=1S/C12H22N2O/c1-5-11(6-2)7-14-10(4)12(8-15)9(3)13-14/h11,15H,5-8H2,1-4H3. The van der Waals surface area contributed by atoms with Crippen molar-refractivity contribution in [2.75, 3.05) is 0 Å². The van der Waals surface area contributed by atoms with Crippen molar-refractivity contribution < 1.29 is 5.11 Å². The van der Waals surface area contributed by atoms with Gasteiger partial charge in [-0.2, -0.15) is 5.10 Å². The maximum Gasteiger partial charge on any atom is 0.0718 e. The average molecular weight is 210 g/mol. The molecule has 0 bridgehead atoms. The summed E-state index contributed by atoms with van der Waals surface area (Å²) in [6.07, 6.45) is 2.37. The number of hydrogen-bond donors (Lipinski definition) is 1. The van der Waals surface area contributed by atoms with E-state index in [1.165, 1.54) is 12.8 Å². The van der Waals surface area contributed by atoms with Crippen molar-refractivity contribution in [2.45, 2.75) is 53.7 Å². The lowest BCUT2D eigenvalue weighted by atomic mass is 10.0. The van der Waals surface area contributed by atoms with E-state index in [9.17, 15) is 5.11 Å². The van der Waals surface area contributed by atoms with Gasteiger partial charge in [-0.25, -0.2) is 0 Å². The molecule has 15 heavy (non-hydrogen) atoms. The predicted molar refractivity (Wildman–Crippen MR) is 61.7 cm³/mol. The Balaban J connectivity index is 2.86. The fourth-order valence-corrected chi connectivity index (χ4v) is 1.93.